The van der Waals surface area contributed by atoms with Crippen molar-refractivity contribution in [2.75, 3.05) is 0 Å². The third-order valence-corrected chi connectivity index (χ3v) is 3.26. The average Bonchev–Trinajstić information content (AvgIpc) is 2.45. The zero-order chi connectivity index (χ0) is 13.2. The normalized spacial score (nSPS) is 10.8. The minimum Gasteiger partial charge on any atom is -0.267 e. The molecule has 0 atom stereocenters. The summed E-state index contributed by atoms with van der Waals surface area (Å²) in [4.78, 5) is 12.3. The third-order valence-electron chi connectivity index (χ3n) is 3.01. The molecular formula is C15H11ClN2O. The van der Waals surface area contributed by atoms with Crippen LogP contribution in [0.3, 0.4) is 0 Å². The summed E-state index contributed by atoms with van der Waals surface area (Å²) in [6.07, 6.45) is 1.71. The molecule has 3 nitrogen and oxygen atoms in total. The summed E-state index contributed by atoms with van der Waals surface area (Å²) in [7, 11) is 0. The molecule has 0 saturated heterocycles. The molecular weight excluding hydrogens is 260 g/mol. The summed E-state index contributed by atoms with van der Waals surface area (Å²) in [6, 6.07) is 14.9. The van der Waals surface area contributed by atoms with E-state index >= 15 is 0 Å². The molecule has 0 fully saturated rings. The van der Waals surface area contributed by atoms with Gasteiger partial charge in [-0.2, -0.15) is 5.10 Å². The quantitative estimate of drug-likeness (QED) is 0.717. The molecule has 0 spiro atoms. The van der Waals surface area contributed by atoms with Gasteiger partial charge in [0.25, 0.3) is 5.56 Å². The van der Waals surface area contributed by atoms with Gasteiger partial charge >= 0.3 is 0 Å². The van der Waals surface area contributed by atoms with Gasteiger partial charge in [0, 0.05) is 10.4 Å². The molecule has 0 aliphatic rings. The van der Waals surface area contributed by atoms with E-state index in [4.69, 9.17) is 11.6 Å². The molecule has 0 bridgehead atoms. The van der Waals surface area contributed by atoms with Crippen molar-refractivity contribution in [3.8, 4) is 0 Å². The molecule has 19 heavy (non-hydrogen) atoms. The van der Waals surface area contributed by atoms with Gasteiger partial charge in [0.2, 0.25) is 0 Å². The van der Waals surface area contributed by atoms with Crippen LogP contribution < -0.4 is 5.56 Å². The minimum absolute atomic E-state index is 0.0759. The van der Waals surface area contributed by atoms with E-state index in [2.05, 4.69) is 5.10 Å². The fourth-order valence-electron chi connectivity index (χ4n) is 2.00. The Hall–Kier alpha value is -2.13. The average molecular weight is 271 g/mol. The fraction of sp³-hybridized carbons (Fsp3) is 0.0667. The van der Waals surface area contributed by atoms with Crippen LogP contribution in [-0.2, 0) is 6.54 Å². The van der Waals surface area contributed by atoms with Gasteiger partial charge in [-0.05, 0) is 23.8 Å². The third kappa shape index (κ3) is 2.37. The smallest absolute Gasteiger partial charge is 0.267 e. The maximum Gasteiger partial charge on any atom is 0.274 e. The molecule has 1 aromatic heterocycles. The maximum atomic E-state index is 12.3. The van der Waals surface area contributed by atoms with Gasteiger partial charge in [-0.15, -0.1) is 0 Å². The topological polar surface area (TPSA) is 34.9 Å². The molecule has 3 rings (SSSR count). The fourth-order valence-corrected chi connectivity index (χ4v) is 2.13. The van der Waals surface area contributed by atoms with Crippen molar-refractivity contribution in [3.05, 3.63) is 75.7 Å². The van der Waals surface area contributed by atoms with E-state index in [1.54, 1.807) is 6.20 Å². The highest BCUT2D eigenvalue weighted by Gasteiger charge is 2.04. The maximum absolute atomic E-state index is 12.3. The Balaban J connectivity index is 2.04. The first-order chi connectivity index (χ1) is 9.24. The monoisotopic (exact) mass is 270 g/mol. The van der Waals surface area contributed by atoms with E-state index in [1.165, 1.54) is 4.68 Å². The first-order valence-electron chi connectivity index (χ1n) is 5.93. The van der Waals surface area contributed by atoms with E-state index in [9.17, 15) is 4.79 Å². The number of nitrogens with zero attached hydrogens (tertiary/aromatic N) is 2. The van der Waals surface area contributed by atoms with Crippen LogP contribution in [0.15, 0.2) is 59.5 Å². The lowest BCUT2D eigenvalue weighted by molar-refractivity contribution is 0.647. The van der Waals surface area contributed by atoms with Crippen LogP contribution in [0.5, 0.6) is 0 Å². The van der Waals surface area contributed by atoms with Gasteiger partial charge in [-0.3, -0.25) is 4.79 Å². The first-order valence-corrected chi connectivity index (χ1v) is 6.31. The molecule has 4 heteroatoms. The Labute approximate surface area is 115 Å². The largest absolute Gasteiger partial charge is 0.274 e. The van der Waals surface area contributed by atoms with Crippen molar-refractivity contribution >= 4 is 22.4 Å². The lowest BCUT2D eigenvalue weighted by atomic mass is 10.2. The Morgan fingerprint density at radius 2 is 1.79 bits per heavy atom. The van der Waals surface area contributed by atoms with E-state index in [-0.39, 0.29) is 5.56 Å². The number of rotatable bonds is 2. The summed E-state index contributed by atoms with van der Waals surface area (Å²) in [5.74, 6) is 0. The summed E-state index contributed by atoms with van der Waals surface area (Å²) in [6.45, 7) is 0.445. The number of hydrogen-bond donors (Lipinski definition) is 0. The highest BCUT2D eigenvalue weighted by atomic mass is 35.5. The van der Waals surface area contributed by atoms with E-state index in [1.807, 2.05) is 48.5 Å². The predicted molar refractivity (Wildman–Crippen MR) is 76.6 cm³/mol. The van der Waals surface area contributed by atoms with Crippen LogP contribution in [0.4, 0.5) is 0 Å². The van der Waals surface area contributed by atoms with Crippen molar-refractivity contribution in [1.29, 1.82) is 0 Å². The molecule has 0 amide bonds. The van der Waals surface area contributed by atoms with Gasteiger partial charge in [-0.25, -0.2) is 4.68 Å². The van der Waals surface area contributed by atoms with E-state index in [0.29, 0.717) is 17.0 Å². The summed E-state index contributed by atoms with van der Waals surface area (Å²) in [5, 5.41) is 6.43. The molecule has 0 saturated carbocycles. The highest BCUT2D eigenvalue weighted by Crippen LogP contribution is 2.11. The standard InChI is InChI=1S/C15H11ClN2O/c16-13-7-5-11(6-8-13)10-18-15(19)14-4-2-1-3-12(14)9-17-18/h1-9H,10H2. The number of hydrogen-bond acceptors (Lipinski definition) is 2. The molecule has 1 heterocycles. The Morgan fingerprint density at radius 1 is 1.05 bits per heavy atom. The Morgan fingerprint density at radius 3 is 2.58 bits per heavy atom. The van der Waals surface area contributed by atoms with Crippen molar-refractivity contribution in [1.82, 2.24) is 9.78 Å². The molecule has 0 N–H and O–H groups in total. The van der Waals surface area contributed by atoms with Crippen LogP contribution in [0.2, 0.25) is 5.02 Å². The lowest BCUT2D eigenvalue weighted by Gasteiger charge is -2.06. The summed E-state index contributed by atoms with van der Waals surface area (Å²) >= 11 is 5.84. The van der Waals surface area contributed by atoms with Crippen LogP contribution in [-0.4, -0.2) is 9.78 Å². The van der Waals surface area contributed by atoms with Crippen LogP contribution in [0, 0.1) is 0 Å². The van der Waals surface area contributed by atoms with Crippen molar-refractivity contribution in [2.45, 2.75) is 6.54 Å². The van der Waals surface area contributed by atoms with Crippen molar-refractivity contribution < 1.29 is 0 Å². The van der Waals surface area contributed by atoms with Crippen molar-refractivity contribution in [3.63, 3.8) is 0 Å². The molecule has 0 aliphatic heterocycles. The van der Waals surface area contributed by atoms with Gasteiger partial charge < -0.3 is 0 Å². The first kappa shape index (κ1) is 11.9. The second-order valence-corrected chi connectivity index (χ2v) is 4.76. The van der Waals surface area contributed by atoms with E-state index in [0.717, 1.165) is 10.9 Å². The SMILES string of the molecule is O=c1c2ccccc2cnn1Cc1ccc(Cl)cc1. The molecule has 3 aromatic rings. The number of halogens is 1. The summed E-state index contributed by atoms with van der Waals surface area (Å²) < 4.78 is 1.46. The molecule has 2 aromatic carbocycles. The summed E-state index contributed by atoms with van der Waals surface area (Å²) in [5.41, 5.74) is 0.919. The number of benzene rings is 2. The van der Waals surface area contributed by atoms with E-state index < -0.39 is 0 Å². The predicted octanol–water partition coefficient (Wildman–Crippen LogP) is 3.10. The zero-order valence-corrected chi connectivity index (χ0v) is 10.8. The molecule has 0 radical (unpaired) electrons. The molecule has 94 valence electrons. The van der Waals surface area contributed by atoms with Gasteiger partial charge in [0.15, 0.2) is 0 Å². The second kappa shape index (κ2) is 4.86. The lowest BCUT2D eigenvalue weighted by Crippen LogP contribution is -2.23. The second-order valence-electron chi connectivity index (χ2n) is 4.32. The van der Waals surface area contributed by atoms with Gasteiger partial charge in [-0.1, -0.05) is 41.9 Å². The van der Waals surface area contributed by atoms with Gasteiger partial charge in [0.1, 0.15) is 0 Å². The number of fused-ring (bicyclic) bond motifs is 1. The molecule has 0 aliphatic carbocycles. The van der Waals surface area contributed by atoms with Crippen LogP contribution in [0.1, 0.15) is 5.56 Å². The van der Waals surface area contributed by atoms with Crippen LogP contribution in [0.25, 0.3) is 10.8 Å². The molecule has 0 unspecified atom stereocenters. The van der Waals surface area contributed by atoms with Crippen LogP contribution >= 0.6 is 11.6 Å². The van der Waals surface area contributed by atoms with Gasteiger partial charge in [0.05, 0.1) is 18.1 Å². The number of aromatic nitrogens is 2. The van der Waals surface area contributed by atoms with Crippen molar-refractivity contribution in [2.24, 2.45) is 0 Å². The zero-order valence-electron chi connectivity index (χ0n) is 10.1. The Kier molecular flexibility index (Phi) is 3.05. The highest BCUT2D eigenvalue weighted by molar-refractivity contribution is 6.30. The minimum atomic E-state index is -0.0759. The Bertz CT molecular complexity index is 778.